The number of nitrogens with zero attached hydrogens (tertiary/aromatic N) is 2. The highest BCUT2D eigenvalue weighted by molar-refractivity contribution is 6.21. The highest BCUT2D eigenvalue weighted by Crippen LogP contribution is 2.26. The third kappa shape index (κ3) is 3.75. The SMILES string of the molecule is O=C(OCc1ccc(F)cc1)c1ccc2c(c1)C(=O)N(Cc1ccncc1)C2=O. The van der Waals surface area contributed by atoms with E-state index in [0.29, 0.717) is 5.56 Å². The van der Waals surface area contributed by atoms with Crippen LogP contribution in [0.5, 0.6) is 0 Å². The van der Waals surface area contributed by atoms with Crippen molar-refractivity contribution in [1.29, 1.82) is 0 Å². The molecule has 7 heteroatoms. The first-order valence-electron chi connectivity index (χ1n) is 8.83. The van der Waals surface area contributed by atoms with Gasteiger partial charge in [0, 0.05) is 12.4 Å². The van der Waals surface area contributed by atoms with Crippen LogP contribution in [-0.4, -0.2) is 27.7 Å². The number of hydrogen-bond acceptors (Lipinski definition) is 5. The Kier molecular flexibility index (Phi) is 4.87. The van der Waals surface area contributed by atoms with Gasteiger partial charge in [0.05, 0.1) is 23.2 Å². The van der Waals surface area contributed by atoms with Crippen molar-refractivity contribution in [2.24, 2.45) is 0 Å². The number of imide groups is 1. The number of fused-ring (bicyclic) bond motifs is 1. The standard InChI is InChI=1S/C22H15FN2O4/c23-17-4-1-15(2-5-17)13-29-22(28)16-3-6-18-19(11-16)21(27)25(20(18)26)12-14-7-9-24-10-8-14/h1-11H,12-13H2. The summed E-state index contributed by atoms with van der Waals surface area (Å²) in [5, 5.41) is 0. The van der Waals surface area contributed by atoms with Crippen LogP contribution < -0.4 is 0 Å². The summed E-state index contributed by atoms with van der Waals surface area (Å²) >= 11 is 0. The number of carbonyl (C=O) groups excluding carboxylic acids is 3. The second-order valence-corrected chi connectivity index (χ2v) is 6.51. The molecule has 2 aromatic carbocycles. The number of hydrogen-bond donors (Lipinski definition) is 0. The molecule has 0 fully saturated rings. The maximum absolute atomic E-state index is 12.9. The molecule has 0 spiro atoms. The van der Waals surface area contributed by atoms with E-state index in [9.17, 15) is 18.8 Å². The topological polar surface area (TPSA) is 76.6 Å². The van der Waals surface area contributed by atoms with Crippen LogP contribution in [0.25, 0.3) is 0 Å². The lowest BCUT2D eigenvalue weighted by Crippen LogP contribution is -2.29. The van der Waals surface area contributed by atoms with Crippen LogP contribution in [0.1, 0.15) is 42.2 Å². The summed E-state index contributed by atoms with van der Waals surface area (Å²) in [6.07, 6.45) is 3.17. The maximum Gasteiger partial charge on any atom is 0.338 e. The molecule has 0 radical (unpaired) electrons. The molecule has 6 nitrogen and oxygen atoms in total. The highest BCUT2D eigenvalue weighted by atomic mass is 19.1. The molecule has 0 bridgehead atoms. The van der Waals surface area contributed by atoms with Gasteiger partial charge in [-0.25, -0.2) is 9.18 Å². The fraction of sp³-hybridized carbons (Fsp3) is 0.0909. The molecule has 1 aliphatic rings. The molecular formula is C22H15FN2O4. The first-order chi connectivity index (χ1) is 14.0. The van der Waals surface area contributed by atoms with Gasteiger partial charge >= 0.3 is 5.97 Å². The molecule has 1 aromatic heterocycles. The monoisotopic (exact) mass is 390 g/mol. The average Bonchev–Trinajstić information content (AvgIpc) is 2.98. The first-order valence-corrected chi connectivity index (χ1v) is 8.83. The molecule has 3 aromatic rings. The molecular weight excluding hydrogens is 375 g/mol. The molecule has 29 heavy (non-hydrogen) atoms. The summed E-state index contributed by atoms with van der Waals surface area (Å²) in [5.41, 5.74) is 1.99. The van der Waals surface area contributed by atoms with Crippen molar-refractivity contribution in [2.75, 3.05) is 0 Å². The highest BCUT2D eigenvalue weighted by Gasteiger charge is 2.36. The van der Waals surface area contributed by atoms with Crippen molar-refractivity contribution >= 4 is 17.8 Å². The minimum Gasteiger partial charge on any atom is -0.457 e. The van der Waals surface area contributed by atoms with Gasteiger partial charge in [-0.3, -0.25) is 19.5 Å². The molecule has 0 unspecified atom stereocenters. The van der Waals surface area contributed by atoms with Crippen molar-refractivity contribution in [3.8, 4) is 0 Å². The van der Waals surface area contributed by atoms with Crippen molar-refractivity contribution in [2.45, 2.75) is 13.2 Å². The van der Waals surface area contributed by atoms with E-state index in [-0.39, 0.29) is 35.7 Å². The van der Waals surface area contributed by atoms with Gasteiger partial charge in [0.2, 0.25) is 0 Å². The molecule has 2 amide bonds. The molecule has 144 valence electrons. The fourth-order valence-corrected chi connectivity index (χ4v) is 3.04. The Morgan fingerprint density at radius 3 is 2.31 bits per heavy atom. The Morgan fingerprint density at radius 2 is 1.59 bits per heavy atom. The van der Waals surface area contributed by atoms with E-state index in [1.807, 2.05) is 0 Å². The lowest BCUT2D eigenvalue weighted by atomic mass is 10.1. The smallest absolute Gasteiger partial charge is 0.338 e. The van der Waals surface area contributed by atoms with E-state index in [2.05, 4.69) is 4.98 Å². The number of halogens is 1. The zero-order valence-corrected chi connectivity index (χ0v) is 15.2. The van der Waals surface area contributed by atoms with Gasteiger partial charge in [0.1, 0.15) is 12.4 Å². The zero-order chi connectivity index (χ0) is 20.4. The van der Waals surface area contributed by atoms with E-state index in [1.165, 1.54) is 42.5 Å². The molecule has 0 saturated carbocycles. The van der Waals surface area contributed by atoms with Crippen LogP contribution >= 0.6 is 0 Å². The van der Waals surface area contributed by atoms with Gasteiger partial charge in [-0.1, -0.05) is 12.1 Å². The number of carbonyl (C=O) groups is 3. The first kappa shape index (κ1) is 18.5. The second-order valence-electron chi connectivity index (χ2n) is 6.51. The zero-order valence-electron chi connectivity index (χ0n) is 15.2. The number of pyridine rings is 1. The lowest BCUT2D eigenvalue weighted by Gasteiger charge is -2.13. The van der Waals surface area contributed by atoms with Crippen LogP contribution in [0.3, 0.4) is 0 Å². The average molecular weight is 390 g/mol. The quantitative estimate of drug-likeness (QED) is 0.493. The summed E-state index contributed by atoms with van der Waals surface area (Å²) in [5.74, 6) is -1.88. The van der Waals surface area contributed by atoms with Crippen LogP contribution in [0.4, 0.5) is 4.39 Å². The minimum absolute atomic E-state index is 0.0305. The van der Waals surface area contributed by atoms with Crippen molar-refractivity contribution < 1.29 is 23.5 Å². The molecule has 0 saturated heterocycles. The van der Waals surface area contributed by atoms with Gasteiger partial charge in [-0.05, 0) is 53.6 Å². The van der Waals surface area contributed by atoms with Gasteiger partial charge in [-0.2, -0.15) is 0 Å². The van der Waals surface area contributed by atoms with Crippen molar-refractivity contribution in [3.63, 3.8) is 0 Å². The second kappa shape index (κ2) is 7.63. The Bertz CT molecular complexity index is 1100. The normalized spacial score (nSPS) is 12.8. The van der Waals surface area contributed by atoms with Crippen molar-refractivity contribution in [3.05, 3.63) is 101 Å². The predicted octanol–water partition coefficient (Wildman–Crippen LogP) is 3.37. The lowest BCUT2D eigenvalue weighted by molar-refractivity contribution is 0.0472. The Hall–Kier alpha value is -3.87. The fourth-order valence-electron chi connectivity index (χ4n) is 3.04. The third-order valence-corrected chi connectivity index (χ3v) is 4.58. The summed E-state index contributed by atoms with van der Waals surface area (Å²) in [7, 11) is 0. The van der Waals surface area contributed by atoms with E-state index >= 15 is 0 Å². The Balaban J connectivity index is 1.49. The number of rotatable bonds is 5. The van der Waals surface area contributed by atoms with Gasteiger partial charge in [-0.15, -0.1) is 0 Å². The van der Waals surface area contributed by atoms with Gasteiger partial charge in [0.25, 0.3) is 11.8 Å². The van der Waals surface area contributed by atoms with Crippen LogP contribution in [0.15, 0.2) is 67.0 Å². The van der Waals surface area contributed by atoms with Crippen LogP contribution in [-0.2, 0) is 17.9 Å². The molecule has 0 atom stereocenters. The minimum atomic E-state index is -0.634. The number of ether oxygens (including phenoxy) is 1. The summed E-state index contributed by atoms with van der Waals surface area (Å²) < 4.78 is 18.2. The third-order valence-electron chi connectivity index (χ3n) is 4.58. The number of esters is 1. The Morgan fingerprint density at radius 1 is 0.897 bits per heavy atom. The molecule has 4 rings (SSSR count). The molecule has 0 aliphatic carbocycles. The van der Waals surface area contributed by atoms with E-state index in [0.717, 1.165) is 10.5 Å². The number of aromatic nitrogens is 1. The summed E-state index contributed by atoms with van der Waals surface area (Å²) in [6, 6.07) is 13.3. The molecule has 2 heterocycles. The summed E-state index contributed by atoms with van der Waals surface area (Å²) in [4.78, 5) is 42.7. The maximum atomic E-state index is 12.9. The molecule has 1 aliphatic heterocycles. The van der Waals surface area contributed by atoms with Crippen LogP contribution in [0.2, 0.25) is 0 Å². The van der Waals surface area contributed by atoms with E-state index in [4.69, 9.17) is 4.74 Å². The van der Waals surface area contributed by atoms with Crippen molar-refractivity contribution in [1.82, 2.24) is 9.88 Å². The predicted molar refractivity (Wildman–Crippen MR) is 100 cm³/mol. The summed E-state index contributed by atoms with van der Waals surface area (Å²) in [6.45, 7) is 0.0937. The van der Waals surface area contributed by atoms with Crippen LogP contribution in [0, 0.1) is 5.82 Å². The van der Waals surface area contributed by atoms with E-state index < -0.39 is 17.8 Å². The molecule has 0 N–H and O–H groups in total. The van der Waals surface area contributed by atoms with E-state index in [1.54, 1.807) is 24.5 Å². The largest absolute Gasteiger partial charge is 0.457 e. The Labute approximate surface area is 165 Å². The van der Waals surface area contributed by atoms with Gasteiger partial charge in [0.15, 0.2) is 0 Å². The van der Waals surface area contributed by atoms with Gasteiger partial charge < -0.3 is 4.74 Å². The number of amides is 2. The number of benzene rings is 2.